The highest BCUT2D eigenvalue weighted by Gasteiger charge is 2.23. The van der Waals surface area contributed by atoms with E-state index in [9.17, 15) is 4.79 Å². The number of hydrogen-bond acceptors (Lipinski definition) is 5. The fourth-order valence-electron chi connectivity index (χ4n) is 3.44. The van der Waals surface area contributed by atoms with Gasteiger partial charge in [-0.2, -0.15) is 5.10 Å². The van der Waals surface area contributed by atoms with Gasteiger partial charge in [-0.15, -0.1) is 0 Å². The molecule has 1 aromatic carbocycles. The van der Waals surface area contributed by atoms with E-state index in [1.165, 1.54) is 0 Å². The van der Waals surface area contributed by atoms with Crippen LogP contribution in [0.2, 0.25) is 0 Å². The number of benzene rings is 1. The van der Waals surface area contributed by atoms with Crippen molar-refractivity contribution >= 4 is 5.91 Å². The van der Waals surface area contributed by atoms with Crippen molar-refractivity contribution < 1.29 is 9.53 Å². The van der Waals surface area contributed by atoms with Gasteiger partial charge in [0.05, 0.1) is 24.9 Å². The first-order chi connectivity index (χ1) is 13.8. The topological polar surface area (TPSA) is 72.3 Å². The molecule has 1 N–H and O–H groups in total. The van der Waals surface area contributed by atoms with Crippen LogP contribution >= 0.6 is 0 Å². The SMILES string of the molecule is O=C(NC[C@@H](c1ccncc1)N1CCOCC1)c1cccc(-n2cccn2)c1. The zero-order valence-electron chi connectivity index (χ0n) is 15.6. The quantitative estimate of drug-likeness (QED) is 0.712. The molecule has 1 fully saturated rings. The van der Waals surface area contributed by atoms with Crippen molar-refractivity contribution in [2.45, 2.75) is 6.04 Å². The van der Waals surface area contributed by atoms with Crippen molar-refractivity contribution in [3.63, 3.8) is 0 Å². The summed E-state index contributed by atoms with van der Waals surface area (Å²) in [5.74, 6) is -0.0960. The zero-order valence-corrected chi connectivity index (χ0v) is 15.6. The second-order valence-electron chi connectivity index (χ2n) is 6.66. The summed E-state index contributed by atoms with van der Waals surface area (Å²) in [6.45, 7) is 3.63. The van der Waals surface area contributed by atoms with Gasteiger partial charge in [0.25, 0.3) is 5.91 Å². The van der Waals surface area contributed by atoms with Crippen LogP contribution in [0, 0.1) is 0 Å². The third kappa shape index (κ3) is 4.27. The molecule has 2 aromatic heterocycles. The van der Waals surface area contributed by atoms with Gasteiger partial charge in [-0.1, -0.05) is 6.07 Å². The Balaban J connectivity index is 1.47. The summed E-state index contributed by atoms with van der Waals surface area (Å²) in [5, 5.41) is 7.32. The lowest BCUT2D eigenvalue weighted by Gasteiger charge is -2.34. The molecule has 7 nitrogen and oxygen atoms in total. The molecule has 7 heteroatoms. The lowest BCUT2D eigenvalue weighted by molar-refractivity contribution is 0.0162. The van der Waals surface area contributed by atoms with E-state index >= 15 is 0 Å². The number of carbonyl (C=O) groups is 1. The molecule has 0 radical (unpaired) electrons. The minimum atomic E-state index is -0.0960. The van der Waals surface area contributed by atoms with Crippen LogP contribution in [0.3, 0.4) is 0 Å². The Morgan fingerprint density at radius 2 is 1.93 bits per heavy atom. The second kappa shape index (κ2) is 8.77. The Morgan fingerprint density at radius 1 is 1.11 bits per heavy atom. The number of hydrogen-bond donors (Lipinski definition) is 1. The van der Waals surface area contributed by atoms with E-state index in [1.54, 1.807) is 23.3 Å². The molecule has 4 rings (SSSR count). The fourth-order valence-corrected chi connectivity index (χ4v) is 3.44. The van der Waals surface area contributed by atoms with Crippen LogP contribution in [0.4, 0.5) is 0 Å². The number of aromatic nitrogens is 3. The third-order valence-electron chi connectivity index (χ3n) is 4.91. The summed E-state index contributed by atoms with van der Waals surface area (Å²) in [5.41, 5.74) is 2.61. The molecular weight excluding hydrogens is 354 g/mol. The van der Waals surface area contributed by atoms with Gasteiger partial charge >= 0.3 is 0 Å². The summed E-state index contributed by atoms with van der Waals surface area (Å²) >= 11 is 0. The van der Waals surface area contributed by atoms with E-state index in [2.05, 4.69) is 20.3 Å². The van der Waals surface area contributed by atoms with Gasteiger partial charge in [0.2, 0.25) is 0 Å². The summed E-state index contributed by atoms with van der Waals surface area (Å²) in [7, 11) is 0. The van der Waals surface area contributed by atoms with E-state index in [-0.39, 0.29) is 11.9 Å². The lowest BCUT2D eigenvalue weighted by Crippen LogP contribution is -2.43. The zero-order chi connectivity index (χ0) is 19.2. The van der Waals surface area contributed by atoms with Crippen molar-refractivity contribution in [2.24, 2.45) is 0 Å². The van der Waals surface area contributed by atoms with Crippen LogP contribution in [0.15, 0.2) is 67.3 Å². The summed E-state index contributed by atoms with van der Waals surface area (Å²) in [6, 6.07) is 13.4. The lowest BCUT2D eigenvalue weighted by atomic mass is 10.1. The number of amides is 1. The van der Waals surface area contributed by atoms with Crippen molar-refractivity contribution in [1.82, 2.24) is 25.0 Å². The van der Waals surface area contributed by atoms with Crippen molar-refractivity contribution in [2.75, 3.05) is 32.8 Å². The molecule has 1 atom stereocenters. The Hall–Kier alpha value is -3.03. The normalized spacial score (nSPS) is 15.9. The van der Waals surface area contributed by atoms with Crippen LogP contribution in [-0.4, -0.2) is 58.4 Å². The molecule has 144 valence electrons. The van der Waals surface area contributed by atoms with E-state index in [0.29, 0.717) is 25.3 Å². The van der Waals surface area contributed by atoms with Crippen LogP contribution in [-0.2, 0) is 4.74 Å². The predicted molar refractivity (Wildman–Crippen MR) is 105 cm³/mol. The molecule has 0 aliphatic carbocycles. The fraction of sp³-hybridized carbons (Fsp3) is 0.286. The summed E-state index contributed by atoms with van der Waals surface area (Å²) in [6.07, 6.45) is 7.15. The highest BCUT2D eigenvalue weighted by atomic mass is 16.5. The van der Waals surface area contributed by atoms with Crippen LogP contribution < -0.4 is 5.32 Å². The molecule has 1 aliphatic rings. The van der Waals surface area contributed by atoms with Gasteiger partial charge in [0, 0.05) is 50.0 Å². The van der Waals surface area contributed by atoms with Gasteiger partial charge in [-0.3, -0.25) is 14.7 Å². The maximum atomic E-state index is 12.8. The number of nitrogens with zero attached hydrogens (tertiary/aromatic N) is 4. The van der Waals surface area contributed by atoms with Gasteiger partial charge in [0.15, 0.2) is 0 Å². The average molecular weight is 377 g/mol. The Morgan fingerprint density at radius 3 is 2.68 bits per heavy atom. The largest absolute Gasteiger partial charge is 0.379 e. The third-order valence-corrected chi connectivity index (χ3v) is 4.91. The molecule has 3 heterocycles. The Kier molecular flexibility index (Phi) is 5.75. The molecule has 0 saturated carbocycles. The first-order valence-electron chi connectivity index (χ1n) is 9.41. The van der Waals surface area contributed by atoms with E-state index < -0.39 is 0 Å². The average Bonchev–Trinajstić information content (AvgIpc) is 3.30. The minimum Gasteiger partial charge on any atom is -0.379 e. The molecule has 0 bridgehead atoms. The smallest absolute Gasteiger partial charge is 0.251 e. The molecule has 3 aromatic rings. The molecule has 1 amide bonds. The summed E-state index contributed by atoms with van der Waals surface area (Å²) < 4.78 is 7.22. The first-order valence-corrected chi connectivity index (χ1v) is 9.41. The van der Waals surface area contributed by atoms with Gasteiger partial charge in [-0.25, -0.2) is 4.68 Å². The van der Waals surface area contributed by atoms with Gasteiger partial charge in [0.1, 0.15) is 0 Å². The Bertz CT molecular complexity index is 892. The predicted octanol–water partition coefficient (Wildman–Crippen LogP) is 2.07. The molecule has 1 saturated heterocycles. The standard InChI is InChI=1S/C21H23N5O2/c27-21(18-3-1-4-19(15-18)26-10-2-7-24-26)23-16-20(17-5-8-22-9-6-17)25-11-13-28-14-12-25/h1-10,15,20H,11-14,16H2,(H,23,27)/t20-/m0/s1. The molecule has 0 spiro atoms. The van der Waals surface area contributed by atoms with Crippen LogP contribution in [0.5, 0.6) is 0 Å². The van der Waals surface area contributed by atoms with E-state index in [0.717, 1.165) is 24.3 Å². The second-order valence-corrected chi connectivity index (χ2v) is 6.66. The number of rotatable bonds is 6. The number of pyridine rings is 1. The van der Waals surface area contributed by atoms with Gasteiger partial charge in [-0.05, 0) is 42.0 Å². The number of morpholine rings is 1. The van der Waals surface area contributed by atoms with Crippen molar-refractivity contribution in [3.05, 3.63) is 78.4 Å². The maximum Gasteiger partial charge on any atom is 0.251 e. The van der Waals surface area contributed by atoms with E-state index in [1.807, 2.05) is 48.7 Å². The number of nitrogens with one attached hydrogen (secondary N) is 1. The monoisotopic (exact) mass is 377 g/mol. The first kappa shape index (κ1) is 18.3. The maximum absolute atomic E-state index is 12.8. The van der Waals surface area contributed by atoms with Crippen molar-refractivity contribution in [1.29, 1.82) is 0 Å². The highest BCUT2D eigenvalue weighted by molar-refractivity contribution is 5.94. The van der Waals surface area contributed by atoms with Crippen LogP contribution in [0.25, 0.3) is 5.69 Å². The van der Waals surface area contributed by atoms with Crippen LogP contribution in [0.1, 0.15) is 22.0 Å². The number of carbonyl (C=O) groups excluding carboxylic acids is 1. The number of ether oxygens (including phenoxy) is 1. The molecule has 1 aliphatic heterocycles. The Labute approximate surface area is 164 Å². The summed E-state index contributed by atoms with van der Waals surface area (Å²) in [4.78, 5) is 19.2. The minimum absolute atomic E-state index is 0.0881. The molecule has 28 heavy (non-hydrogen) atoms. The van der Waals surface area contributed by atoms with E-state index in [4.69, 9.17) is 4.74 Å². The molecule has 0 unspecified atom stereocenters. The van der Waals surface area contributed by atoms with Gasteiger partial charge < -0.3 is 10.1 Å². The van der Waals surface area contributed by atoms with Crippen molar-refractivity contribution in [3.8, 4) is 5.69 Å². The highest BCUT2D eigenvalue weighted by Crippen LogP contribution is 2.21. The molecular formula is C21H23N5O2.